The van der Waals surface area contributed by atoms with Crippen LogP contribution >= 0.6 is 18.1 Å². The molecule has 0 aliphatic carbocycles. The van der Waals surface area contributed by atoms with Gasteiger partial charge in [-0.2, -0.15) is 0 Å². The molecule has 7 rings (SSSR count). The van der Waals surface area contributed by atoms with Crippen molar-refractivity contribution >= 4 is 41.0 Å². The lowest BCUT2D eigenvalue weighted by Crippen LogP contribution is -2.57. The number of fused-ring (bicyclic) bond motifs is 1. The Morgan fingerprint density at radius 3 is 1.96 bits per heavy atom. The highest BCUT2D eigenvalue weighted by Crippen LogP contribution is 2.54. The number of hydrogen-bond acceptors (Lipinski definition) is 8. The number of carbonyl (C=O) groups is 1. The van der Waals surface area contributed by atoms with Crippen LogP contribution in [-0.2, 0) is 19.4 Å². The minimum atomic E-state index is -3.60. The molecule has 51 heavy (non-hydrogen) atoms. The number of amides is 1. The second-order valence-corrected chi connectivity index (χ2v) is 15.6. The van der Waals surface area contributed by atoms with Gasteiger partial charge in [0, 0.05) is 18.7 Å². The van der Waals surface area contributed by atoms with Crippen molar-refractivity contribution in [2.24, 2.45) is 0 Å². The van der Waals surface area contributed by atoms with Gasteiger partial charge in [0.05, 0.1) is 24.6 Å². The number of aromatic nitrogens is 4. The molecule has 0 bridgehead atoms. The van der Waals surface area contributed by atoms with Gasteiger partial charge in [-0.3, -0.25) is 18.8 Å². The maximum Gasteiger partial charge on any atom is 0.362 e. The molecular weight excluding hydrogens is 685 g/mol. The van der Waals surface area contributed by atoms with Crippen LogP contribution < -0.4 is 5.32 Å². The Hall–Kier alpha value is -4.74. The second-order valence-electron chi connectivity index (χ2n) is 12.4. The van der Waals surface area contributed by atoms with Crippen LogP contribution in [0.15, 0.2) is 134 Å². The summed E-state index contributed by atoms with van der Waals surface area (Å²) < 4.78 is 29.0. The Kier molecular flexibility index (Phi) is 10.1. The van der Waals surface area contributed by atoms with Crippen molar-refractivity contribution in [3.8, 4) is 0 Å². The van der Waals surface area contributed by atoms with Crippen molar-refractivity contribution in [2.75, 3.05) is 39.1 Å². The molecule has 3 atom stereocenters. The minimum Gasteiger partial charge on any atom is -0.350 e. The molecule has 1 aliphatic rings. The van der Waals surface area contributed by atoms with Crippen LogP contribution in [0, 0.1) is 0 Å². The summed E-state index contributed by atoms with van der Waals surface area (Å²) in [6.07, 6.45) is 1.81. The smallest absolute Gasteiger partial charge is 0.350 e. The van der Waals surface area contributed by atoms with Crippen LogP contribution in [0.2, 0.25) is 0 Å². The van der Waals surface area contributed by atoms with E-state index in [-0.39, 0.29) is 18.3 Å². The molecule has 0 radical (unpaired) electrons. The van der Waals surface area contributed by atoms with E-state index < -0.39 is 24.7 Å². The molecule has 13 heteroatoms. The number of imidazole rings is 1. The molecule has 11 nitrogen and oxygen atoms in total. The third-order valence-electron chi connectivity index (χ3n) is 9.03. The molecule has 0 saturated carbocycles. The average Bonchev–Trinajstić information content (AvgIpc) is 3.61. The molecule has 0 spiro atoms. The highest BCUT2D eigenvalue weighted by atomic mass is 35.7. The first kappa shape index (κ1) is 34.7. The molecule has 1 amide bonds. The number of benzene rings is 4. The van der Waals surface area contributed by atoms with Gasteiger partial charge in [-0.05, 0) is 54.2 Å². The third kappa shape index (κ3) is 6.97. The largest absolute Gasteiger partial charge is 0.362 e. The van der Waals surface area contributed by atoms with Crippen molar-refractivity contribution in [1.82, 2.24) is 29.1 Å². The zero-order valence-corrected chi connectivity index (χ0v) is 29.8. The van der Waals surface area contributed by atoms with E-state index in [9.17, 15) is 9.36 Å². The molecule has 1 aliphatic heterocycles. The van der Waals surface area contributed by atoms with Crippen molar-refractivity contribution < 1.29 is 18.6 Å². The summed E-state index contributed by atoms with van der Waals surface area (Å²) in [5.41, 5.74) is 3.77. The highest BCUT2D eigenvalue weighted by molar-refractivity contribution is 7.83. The van der Waals surface area contributed by atoms with Crippen LogP contribution in [0.4, 0.5) is 5.82 Å². The summed E-state index contributed by atoms with van der Waals surface area (Å²) >= 11 is 6.35. The van der Waals surface area contributed by atoms with Crippen LogP contribution in [0.3, 0.4) is 0 Å². The van der Waals surface area contributed by atoms with Gasteiger partial charge in [-0.15, -0.1) is 0 Å². The first-order valence-corrected chi connectivity index (χ1v) is 19.0. The maximum absolute atomic E-state index is 13.1. The van der Waals surface area contributed by atoms with Crippen LogP contribution in [0.1, 0.15) is 33.3 Å². The molecule has 1 N–H and O–H groups in total. The van der Waals surface area contributed by atoms with Gasteiger partial charge in [-0.25, -0.2) is 19.6 Å². The van der Waals surface area contributed by atoms with Crippen molar-refractivity contribution in [3.05, 3.63) is 156 Å². The first-order valence-electron chi connectivity index (χ1n) is 16.5. The maximum atomic E-state index is 13.1. The molecule has 2 aromatic heterocycles. The number of rotatable bonds is 11. The number of halogens is 1. The molecular formula is C38H37ClN7O4P. The minimum absolute atomic E-state index is 0.0413. The van der Waals surface area contributed by atoms with Crippen molar-refractivity contribution in [2.45, 2.75) is 17.9 Å². The van der Waals surface area contributed by atoms with Gasteiger partial charge in [0.15, 0.2) is 17.0 Å². The third-order valence-corrected chi connectivity index (χ3v) is 11.7. The molecule has 260 valence electrons. The van der Waals surface area contributed by atoms with Crippen LogP contribution in [0.5, 0.6) is 0 Å². The number of ether oxygens (including phenoxy) is 1. The quantitative estimate of drug-likeness (QED) is 0.110. The second kappa shape index (κ2) is 14.9. The molecule has 6 aromatic rings. The Morgan fingerprint density at radius 2 is 1.41 bits per heavy atom. The molecule has 1 unspecified atom stereocenters. The number of nitrogens with zero attached hydrogens (tertiary/aromatic N) is 6. The topological polar surface area (TPSA) is 115 Å². The van der Waals surface area contributed by atoms with Gasteiger partial charge in [-0.1, -0.05) is 109 Å². The lowest BCUT2D eigenvalue weighted by Gasteiger charge is -2.50. The average molecular weight is 722 g/mol. The van der Waals surface area contributed by atoms with Gasteiger partial charge in [0.25, 0.3) is 5.91 Å². The lowest BCUT2D eigenvalue weighted by atomic mass is 9.75. The van der Waals surface area contributed by atoms with E-state index in [4.69, 9.17) is 20.5 Å². The fourth-order valence-electron chi connectivity index (χ4n) is 6.64. The number of morpholine rings is 1. The van der Waals surface area contributed by atoms with Gasteiger partial charge < -0.3 is 14.6 Å². The van der Waals surface area contributed by atoms with Crippen molar-refractivity contribution in [1.29, 1.82) is 0 Å². The Balaban J connectivity index is 1.34. The first-order chi connectivity index (χ1) is 24.8. The van der Waals surface area contributed by atoms with E-state index in [1.54, 1.807) is 44.7 Å². The van der Waals surface area contributed by atoms with E-state index in [1.807, 2.05) is 65.2 Å². The Labute approximate surface area is 301 Å². The predicted octanol–water partition coefficient (Wildman–Crippen LogP) is 7.20. The van der Waals surface area contributed by atoms with Gasteiger partial charge >= 0.3 is 6.87 Å². The van der Waals surface area contributed by atoms with E-state index in [1.165, 1.54) is 11.0 Å². The Morgan fingerprint density at radius 1 is 0.863 bits per heavy atom. The summed E-state index contributed by atoms with van der Waals surface area (Å²) in [7, 11) is 3.22. The van der Waals surface area contributed by atoms with E-state index >= 15 is 0 Å². The summed E-state index contributed by atoms with van der Waals surface area (Å²) in [4.78, 5) is 29.0. The standard InChI is InChI=1S/C38H37ClN7O4P/c1-44(2)51(39,48)49-25-32-23-45(38(29-17-9-4-10-18-29,30-19-11-5-12-20-30)31-21-13-6-14-22-31)24-33(50-32)46-27-42-34-35(40-26-41-36(34)46)43-37(47)28-15-7-3-8-16-28/h3-22,26-27,32-33H,23-25H2,1-2H3,(H,40,41,43,47)/t32-,33+,51?/m0/s1. The van der Waals surface area contributed by atoms with Crippen LogP contribution in [0.25, 0.3) is 11.2 Å². The fraction of sp³-hybridized carbons (Fsp3) is 0.211. The van der Waals surface area contributed by atoms with E-state index in [2.05, 4.69) is 61.6 Å². The summed E-state index contributed by atoms with van der Waals surface area (Å²) in [6.45, 7) is -2.85. The molecule has 1 fully saturated rings. The fourth-order valence-corrected chi connectivity index (χ4v) is 7.39. The Bertz CT molecular complexity index is 2040. The number of hydrogen-bond donors (Lipinski definition) is 1. The predicted molar refractivity (Wildman–Crippen MR) is 198 cm³/mol. The number of anilines is 1. The summed E-state index contributed by atoms with van der Waals surface area (Å²) in [5, 5.41) is 2.88. The zero-order valence-electron chi connectivity index (χ0n) is 28.1. The lowest BCUT2D eigenvalue weighted by molar-refractivity contribution is -0.145. The zero-order chi connectivity index (χ0) is 35.4. The highest BCUT2D eigenvalue weighted by Gasteiger charge is 2.47. The summed E-state index contributed by atoms with van der Waals surface area (Å²) in [5.74, 6) is -0.0337. The molecule has 3 heterocycles. The molecule has 4 aromatic carbocycles. The normalized spacial score (nSPS) is 18.0. The number of nitrogens with one attached hydrogen (secondary N) is 1. The summed E-state index contributed by atoms with van der Waals surface area (Å²) in [6, 6.07) is 40.0. The van der Waals surface area contributed by atoms with Crippen molar-refractivity contribution in [3.63, 3.8) is 0 Å². The van der Waals surface area contributed by atoms with Gasteiger partial charge in [0.2, 0.25) is 0 Å². The van der Waals surface area contributed by atoms with Crippen LogP contribution in [-0.4, -0.2) is 74.9 Å². The monoisotopic (exact) mass is 721 g/mol. The SMILES string of the molecule is CN(C)P(=O)(Cl)OC[C@@H]1CN(C(c2ccccc2)(c2ccccc2)c2ccccc2)C[C@H](n2cnc3c(NC(=O)c4ccccc4)ncnc32)O1. The van der Waals surface area contributed by atoms with E-state index in [0.29, 0.717) is 29.8 Å². The molecule has 1 saturated heterocycles. The van der Waals surface area contributed by atoms with Gasteiger partial charge in [0.1, 0.15) is 12.6 Å². The number of carbonyl (C=O) groups excluding carboxylic acids is 1. The van der Waals surface area contributed by atoms with E-state index in [0.717, 1.165) is 16.7 Å².